The zero-order valence-electron chi connectivity index (χ0n) is 13.4. The topological polar surface area (TPSA) is 32.3 Å². The summed E-state index contributed by atoms with van der Waals surface area (Å²) < 4.78 is 0. The molecule has 0 spiro atoms. The zero-order chi connectivity index (χ0) is 14.8. The van der Waals surface area contributed by atoms with E-state index >= 15 is 0 Å². The van der Waals surface area contributed by atoms with E-state index in [0.29, 0.717) is 17.2 Å². The fourth-order valence-electron chi connectivity index (χ4n) is 3.25. The van der Waals surface area contributed by atoms with Crippen LogP contribution in [0.3, 0.4) is 0 Å². The van der Waals surface area contributed by atoms with Crippen molar-refractivity contribution in [3.8, 4) is 5.75 Å². The minimum atomic E-state index is 0.385. The summed E-state index contributed by atoms with van der Waals surface area (Å²) in [6.45, 7) is 9.02. The minimum Gasteiger partial charge on any atom is -0.508 e. The van der Waals surface area contributed by atoms with Gasteiger partial charge in [-0.2, -0.15) is 0 Å². The monoisotopic (exact) mass is 275 g/mol. The molecule has 0 heterocycles. The van der Waals surface area contributed by atoms with E-state index in [1.165, 1.54) is 32.1 Å². The van der Waals surface area contributed by atoms with E-state index < -0.39 is 0 Å². The van der Waals surface area contributed by atoms with E-state index in [2.05, 4.69) is 32.2 Å². The molecule has 2 rings (SSSR count). The number of aromatic hydroxyl groups is 1. The van der Waals surface area contributed by atoms with Gasteiger partial charge in [-0.25, -0.2) is 0 Å². The lowest BCUT2D eigenvalue weighted by molar-refractivity contribution is 0.214. The molecule has 112 valence electrons. The van der Waals surface area contributed by atoms with Crippen LogP contribution < -0.4 is 5.32 Å². The lowest BCUT2D eigenvalue weighted by Gasteiger charge is -2.29. The van der Waals surface area contributed by atoms with E-state index in [9.17, 15) is 5.11 Å². The molecule has 0 amide bonds. The second-order valence-corrected chi connectivity index (χ2v) is 7.41. The summed E-state index contributed by atoms with van der Waals surface area (Å²) in [4.78, 5) is 0. The van der Waals surface area contributed by atoms with E-state index in [1.54, 1.807) is 0 Å². The number of benzene rings is 1. The number of aryl methyl sites for hydroxylation is 1. The van der Waals surface area contributed by atoms with Gasteiger partial charge in [-0.15, -0.1) is 0 Å². The molecule has 20 heavy (non-hydrogen) atoms. The van der Waals surface area contributed by atoms with E-state index in [4.69, 9.17) is 0 Å². The van der Waals surface area contributed by atoms with Crippen LogP contribution >= 0.6 is 0 Å². The van der Waals surface area contributed by atoms with Crippen LogP contribution in [-0.2, 0) is 0 Å². The number of phenolic OH excluding ortho intramolecular Hbond substituents is 1. The van der Waals surface area contributed by atoms with Crippen molar-refractivity contribution in [2.75, 3.05) is 5.32 Å². The summed E-state index contributed by atoms with van der Waals surface area (Å²) in [5.74, 6) is 1.22. The maximum Gasteiger partial charge on any atom is 0.120 e. The molecular weight excluding hydrogens is 246 g/mol. The molecule has 2 nitrogen and oxygen atoms in total. The first-order valence-corrected chi connectivity index (χ1v) is 7.92. The van der Waals surface area contributed by atoms with Gasteiger partial charge in [0.05, 0.1) is 0 Å². The Bertz CT molecular complexity index is 447. The summed E-state index contributed by atoms with van der Waals surface area (Å²) in [6, 6.07) is 6.44. The molecule has 1 saturated carbocycles. The molecule has 0 radical (unpaired) electrons. The Morgan fingerprint density at radius 3 is 2.50 bits per heavy atom. The van der Waals surface area contributed by atoms with Gasteiger partial charge in [0.1, 0.15) is 5.75 Å². The van der Waals surface area contributed by atoms with E-state index in [1.807, 2.05) is 19.1 Å². The number of anilines is 1. The summed E-state index contributed by atoms with van der Waals surface area (Å²) >= 11 is 0. The molecule has 1 aliphatic rings. The largest absolute Gasteiger partial charge is 0.508 e. The molecule has 0 aromatic heterocycles. The van der Waals surface area contributed by atoms with Gasteiger partial charge in [0, 0.05) is 17.8 Å². The van der Waals surface area contributed by atoms with Gasteiger partial charge in [0.25, 0.3) is 0 Å². The SMILES string of the molecule is Cc1ccc(NC2CCCC(C(C)(C)C)CC2)cc1O. The predicted molar refractivity (Wildman–Crippen MR) is 86.3 cm³/mol. The Hall–Kier alpha value is -1.18. The maximum absolute atomic E-state index is 9.79. The van der Waals surface area contributed by atoms with E-state index in [0.717, 1.165) is 17.2 Å². The summed E-state index contributed by atoms with van der Waals surface area (Å²) in [7, 11) is 0. The molecule has 1 aromatic rings. The van der Waals surface area contributed by atoms with Crippen molar-refractivity contribution >= 4 is 5.69 Å². The van der Waals surface area contributed by atoms with Crippen molar-refractivity contribution in [1.29, 1.82) is 0 Å². The molecule has 0 saturated heterocycles. The summed E-state index contributed by atoms with van der Waals surface area (Å²) in [5, 5.41) is 13.4. The fraction of sp³-hybridized carbons (Fsp3) is 0.667. The van der Waals surface area contributed by atoms with Crippen molar-refractivity contribution < 1.29 is 5.11 Å². The Labute approximate surface area is 123 Å². The Balaban J connectivity index is 1.95. The van der Waals surface area contributed by atoms with Crippen LogP contribution in [0, 0.1) is 18.3 Å². The standard InChI is InChI=1S/C18H29NO/c1-13-8-10-16(12-17(13)20)19-15-7-5-6-14(9-11-15)18(2,3)4/h8,10,12,14-15,19-20H,5-7,9,11H2,1-4H3. The van der Waals surface area contributed by atoms with Crippen molar-refractivity contribution in [2.45, 2.75) is 65.8 Å². The highest BCUT2D eigenvalue weighted by atomic mass is 16.3. The fourth-order valence-corrected chi connectivity index (χ4v) is 3.25. The van der Waals surface area contributed by atoms with Gasteiger partial charge < -0.3 is 10.4 Å². The van der Waals surface area contributed by atoms with Gasteiger partial charge >= 0.3 is 0 Å². The Morgan fingerprint density at radius 2 is 1.85 bits per heavy atom. The highest BCUT2D eigenvalue weighted by Gasteiger charge is 2.27. The molecule has 2 heteroatoms. The van der Waals surface area contributed by atoms with Crippen molar-refractivity contribution in [3.63, 3.8) is 0 Å². The minimum absolute atomic E-state index is 0.385. The van der Waals surface area contributed by atoms with E-state index in [-0.39, 0.29) is 0 Å². The van der Waals surface area contributed by atoms with Gasteiger partial charge in [-0.3, -0.25) is 0 Å². The smallest absolute Gasteiger partial charge is 0.120 e. The van der Waals surface area contributed by atoms with Crippen LogP contribution in [0.15, 0.2) is 18.2 Å². The van der Waals surface area contributed by atoms with Gasteiger partial charge in [0.2, 0.25) is 0 Å². The quantitative estimate of drug-likeness (QED) is 0.735. The molecule has 0 bridgehead atoms. The Kier molecular flexibility index (Phi) is 4.62. The molecule has 2 unspecified atom stereocenters. The first kappa shape index (κ1) is 15.2. The van der Waals surface area contributed by atoms with Crippen LogP contribution in [-0.4, -0.2) is 11.1 Å². The highest BCUT2D eigenvalue weighted by molar-refractivity contribution is 5.51. The third-order valence-electron chi connectivity index (χ3n) is 4.77. The van der Waals surface area contributed by atoms with Crippen molar-refractivity contribution in [3.05, 3.63) is 23.8 Å². The number of nitrogens with one attached hydrogen (secondary N) is 1. The number of phenols is 1. The van der Waals surface area contributed by atoms with Crippen LogP contribution in [0.5, 0.6) is 5.75 Å². The third-order valence-corrected chi connectivity index (χ3v) is 4.77. The summed E-state index contributed by atoms with van der Waals surface area (Å²) in [6.07, 6.45) is 6.43. The lowest BCUT2D eigenvalue weighted by Crippen LogP contribution is -2.21. The molecule has 1 fully saturated rings. The van der Waals surface area contributed by atoms with Crippen LogP contribution in [0.1, 0.15) is 58.4 Å². The second kappa shape index (κ2) is 6.07. The van der Waals surface area contributed by atoms with Gasteiger partial charge in [-0.1, -0.05) is 33.3 Å². The molecular formula is C18H29NO. The van der Waals surface area contributed by atoms with Gasteiger partial charge in [0.15, 0.2) is 0 Å². The molecule has 1 aliphatic carbocycles. The lowest BCUT2D eigenvalue weighted by atomic mass is 9.76. The number of hydrogen-bond acceptors (Lipinski definition) is 2. The Morgan fingerprint density at radius 1 is 1.10 bits per heavy atom. The number of rotatable bonds is 2. The third kappa shape index (κ3) is 3.91. The summed E-state index contributed by atoms with van der Waals surface area (Å²) in [5.41, 5.74) is 2.41. The molecule has 2 N–H and O–H groups in total. The second-order valence-electron chi connectivity index (χ2n) is 7.41. The molecule has 0 aliphatic heterocycles. The predicted octanol–water partition coefficient (Wildman–Crippen LogP) is 5.11. The number of hydrogen-bond donors (Lipinski definition) is 2. The van der Waals surface area contributed by atoms with Crippen LogP contribution in [0.25, 0.3) is 0 Å². The maximum atomic E-state index is 9.79. The van der Waals surface area contributed by atoms with Crippen LogP contribution in [0.4, 0.5) is 5.69 Å². The first-order chi connectivity index (χ1) is 9.36. The average Bonchev–Trinajstić information content (AvgIpc) is 2.59. The molecule has 1 aromatic carbocycles. The average molecular weight is 275 g/mol. The van der Waals surface area contributed by atoms with Gasteiger partial charge in [-0.05, 0) is 55.6 Å². The van der Waals surface area contributed by atoms with Crippen molar-refractivity contribution in [1.82, 2.24) is 0 Å². The first-order valence-electron chi connectivity index (χ1n) is 7.92. The van der Waals surface area contributed by atoms with Crippen molar-refractivity contribution in [2.24, 2.45) is 11.3 Å². The molecule has 2 atom stereocenters. The highest BCUT2D eigenvalue weighted by Crippen LogP contribution is 2.37. The van der Waals surface area contributed by atoms with Crippen LogP contribution in [0.2, 0.25) is 0 Å². The zero-order valence-corrected chi connectivity index (χ0v) is 13.4. The normalized spacial score (nSPS) is 24.2.